The summed E-state index contributed by atoms with van der Waals surface area (Å²) in [5.41, 5.74) is 2.16. The summed E-state index contributed by atoms with van der Waals surface area (Å²) in [5, 5.41) is 9.79. The predicted molar refractivity (Wildman–Crippen MR) is 115 cm³/mol. The van der Waals surface area contributed by atoms with Crippen LogP contribution in [0.4, 0.5) is 11.4 Å². The summed E-state index contributed by atoms with van der Waals surface area (Å²) in [4.78, 5) is 24.5. The molecule has 0 aliphatic heterocycles. The summed E-state index contributed by atoms with van der Waals surface area (Å²) in [5.74, 6) is 0.00307. The van der Waals surface area contributed by atoms with Gasteiger partial charge < -0.3 is 19.8 Å². The third-order valence-electron chi connectivity index (χ3n) is 4.39. The molecule has 2 aromatic carbocycles. The van der Waals surface area contributed by atoms with Gasteiger partial charge in [-0.15, -0.1) is 0 Å². The number of hydrogen-bond donors (Lipinski definition) is 2. The number of amides is 2. The number of para-hydroxylation sites is 1. The normalized spacial score (nSPS) is 10.5. The number of carbonyl (C=O) groups excluding carboxylic acids is 2. The van der Waals surface area contributed by atoms with Gasteiger partial charge in [0.25, 0.3) is 11.8 Å². The van der Waals surface area contributed by atoms with Gasteiger partial charge in [0, 0.05) is 29.8 Å². The number of nitrogens with one attached hydrogen (secondary N) is 2. The fourth-order valence-corrected chi connectivity index (χ4v) is 2.95. The highest BCUT2D eigenvalue weighted by molar-refractivity contribution is 6.02. The van der Waals surface area contributed by atoms with Crippen molar-refractivity contribution in [2.75, 3.05) is 17.2 Å². The van der Waals surface area contributed by atoms with Gasteiger partial charge in [0.15, 0.2) is 12.4 Å². The van der Waals surface area contributed by atoms with Crippen molar-refractivity contribution >= 4 is 23.2 Å². The molecule has 4 aromatic rings. The lowest BCUT2D eigenvalue weighted by Gasteiger charge is -2.12. The van der Waals surface area contributed by atoms with E-state index in [1.807, 2.05) is 36.5 Å². The standard InChI is InChI=1S/C23H20N4O4/c28-22(26-20-9-2-1-6-17(20)15-27-12-5-11-24-27)16-31-19-8-3-7-18(14-19)25-23(29)21-10-4-13-30-21/h1-14H,15-16H2,(H,25,29)(H,26,28). The summed E-state index contributed by atoms with van der Waals surface area (Å²) >= 11 is 0. The van der Waals surface area contributed by atoms with Gasteiger partial charge in [-0.25, -0.2) is 0 Å². The zero-order valence-corrected chi connectivity index (χ0v) is 16.5. The van der Waals surface area contributed by atoms with E-state index in [0.717, 1.165) is 5.56 Å². The molecule has 8 nitrogen and oxygen atoms in total. The number of nitrogens with zero attached hydrogens (tertiary/aromatic N) is 2. The van der Waals surface area contributed by atoms with Crippen LogP contribution in [0.3, 0.4) is 0 Å². The molecule has 0 aliphatic rings. The van der Waals surface area contributed by atoms with E-state index in [-0.39, 0.29) is 24.2 Å². The van der Waals surface area contributed by atoms with E-state index < -0.39 is 0 Å². The summed E-state index contributed by atoms with van der Waals surface area (Å²) in [6, 6.07) is 19.4. The van der Waals surface area contributed by atoms with Crippen LogP contribution in [0.25, 0.3) is 0 Å². The van der Waals surface area contributed by atoms with Gasteiger partial charge >= 0.3 is 0 Å². The number of furan rings is 1. The van der Waals surface area contributed by atoms with Crippen LogP contribution in [0.5, 0.6) is 5.75 Å². The van der Waals surface area contributed by atoms with Gasteiger partial charge in [0.1, 0.15) is 5.75 Å². The van der Waals surface area contributed by atoms with Crippen LogP contribution >= 0.6 is 0 Å². The van der Waals surface area contributed by atoms with Crippen molar-refractivity contribution in [3.63, 3.8) is 0 Å². The van der Waals surface area contributed by atoms with Gasteiger partial charge in [-0.2, -0.15) is 5.10 Å². The highest BCUT2D eigenvalue weighted by atomic mass is 16.5. The first-order valence-electron chi connectivity index (χ1n) is 9.60. The van der Waals surface area contributed by atoms with Crippen LogP contribution in [0, 0.1) is 0 Å². The number of benzene rings is 2. The Bertz CT molecular complexity index is 1150. The maximum absolute atomic E-state index is 12.4. The molecule has 0 radical (unpaired) electrons. The van der Waals surface area contributed by atoms with E-state index in [2.05, 4.69) is 15.7 Å². The second-order valence-corrected chi connectivity index (χ2v) is 6.66. The molecule has 4 rings (SSSR count). The molecule has 0 saturated heterocycles. The Hall–Kier alpha value is -4.33. The lowest BCUT2D eigenvalue weighted by Crippen LogP contribution is -2.21. The van der Waals surface area contributed by atoms with Crippen LogP contribution in [0.2, 0.25) is 0 Å². The first-order valence-corrected chi connectivity index (χ1v) is 9.60. The van der Waals surface area contributed by atoms with Crippen LogP contribution in [-0.4, -0.2) is 28.2 Å². The van der Waals surface area contributed by atoms with Crippen LogP contribution < -0.4 is 15.4 Å². The molecule has 0 atom stereocenters. The molecule has 0 saturated carbocycles. The monoisotopic (exact) mass is 416 g/mol. The van der Waals surface area contributed by atoms with Crippen molar-refractivity contribution in [2.24, 2.45) is 0 Å². The molecular formula is C23H20N4O4. The molecule has 0 spiro atoms. The molecule has 0 unspecified atom stereocenters. The zero-order valence-electron chi connectivity index (χ0n) is 16.5. The van der Waals surface area contributed by atoms with Gasteiger partial charge in [-0.3, -0.25) is 14.3 Å². The number of anilines is 2. The van der Waals surface area contributed by atoms with Crippen molar-refractivity contribution in [3.05, 3.63) is 96.7 Å². The Kier molecular flexibility index (Phi) is 6.08. The van der Waals surface area contributed by atoms with Gasteiger partial charge in [-0.05, 0) is 42.0 Å². The molecule has 2 amide bonds. The van der Waals surface area contributed by atoms with Crippen LogP contribution in [0.1, 0.15) is 16.1 Å². The van der Waals surface area contributed by atoms with E-state index in [1.165, 1.54) is 6.26 Å². The Balaban J connectivity index is 1.34. The van der Waals surface area contributed by atoms with Gasteiger partial charge in [0.2, 0.25) is 0 Å². The number of rotatable bonds is 8. The summed E-state index contributed by atoms with van der Waals surface area (Å²) in [6.45, 7) is 0.368. The minimum Gasteiger partial charge on any atom is -0.484 e. The predicted octanol–water partition coefficient (Wildman–Crippen LogP) is 3.79. The van der Waals surface area contributed by atoms with Gasteiger partial charge in [-0.1, -0.05) is 24.3 Å². The zero-order chi connectivity index (χ0) is 21.5. The third-order valence-corrected chi connectivity index (χ3v) is 4.39. The first kappa shape index (κ1) is 20.0. The minimum atomic E-state index is -0.367. The van der Waals surface area contributed by atoms with E-state index in [9.17, 15) is 9.59 Å². The molecule has 0 aliphatic carbocycles. The molecule has 2 heterocycles. The number of ether oxygens (including phenoxy) is 1. The van der Waals surface area contributed by atoms with E-state index in [4.69, 9.17) is 9.15 Å². The van der Waals surface area contributed by atoms with Crippen LogP contribution in [0.15, 0.2) is 89.8 Å². The van der Waals surface area contributed by atoms with E-state index >= 15 is 0 Å². The molecular weight excluding hydrogens is 396 g/mol. The molecule has 0 bridgehead atoms. The van der Waals surface area contributed by atoms with Crippen molar-refractivity contribution < 1.29 is 18.7 Å². The molecule has 2 aromatic heterocycles. The van der Waals surface area contributed by atoms with Crippen molar-refractivity contribution in [1.29, 1.82) is 0 Å². The Morgan fingerprint density at radius 2 is 1.90 bits per heavy atom. The topological polar surface area (TPSA) is 98.4 Å². The Morgan fingerprint density at radius 1 is 1.00 bits per heavy atom. The largest absolute Gasteiger partial charge is 0.484 e. The average Bonchev–Trinajstić information content (AvgIpc) is 3.48. The molecule has 31 heavy (non-hydrogen) atoms. The van der Waals surface area contributed by atoms with Gasteiger partial charge in [0.05, 0.1) is 12.8 Å². The highest BCUT2D eigenvalue weighted by Crippen LogP contribution is 2.19. The fraction of sp³-hybridized carbons (Fsp3) is 0.0870. The third kappa shape index (κ3) is 5.39. The highest BCUT2D eigenvalue weighted by Gasteiger charge is 2.11. The maximum Gasteiger partial charge on any atom is 0.291 e. The average molecular weight is 416 g/mol. The lowest BCUT2D eigenvalue weighted by atomic mass is 10.1. The molecule has 0 fully saturated rings. The summed E-state index contributed by atoms with van der Waals surface area (Å²) in [7, 11) is 0. The second-order valence-electron chi connectivity index (χ2n) is 6.66. The Morgan fingerprint density at radius 3 is 2.71 bits per heavy atom. The lowest BCUT2D eigenvalue weighted by molar-refractivity contribution is -0.118. The number of hydrogen-bond acceptors (Lipinski definition) is 5. The number of carbonyl (C=O) groups is 2. The maximum atomic E-state index is 12.4. The smallest absolute Gasteiger partial charge is 0.291 e. The van der Waals surface area contributed by atoms with E-state index in [0.29, 0.717) is 23.7 Å². The summed E-state index contributed by atoms with van der Waals surface area (Å²) < 4.78 is 12.5. The van der Waals surface area contributed by atoms with Crippen molar-refractivity contribution in [3.8, 4) is 5.75 Å². The minimum absolute atomic E-state index is 0.175. The quantitative estimate of drug-likeness (QED) is 0.455. The SMILES string of the molecule is O=C(COc1cccc(NC(=O)c2ccco2)c1)Nc1ccccc1Cn1cccn1. The Labute approximate surface area is 178 Å². The van der Waals surface area contributed by atoms with Crippen molar-refractivity contribution in [2.45, 2.75) is 6.54 Å². The van der Waals surface area contributed by atoms with E-state index in [1.54, 1.807) is 47.3 Å². The summed E-state index contributed by atoms with van der Waals surface area (Å²) in [6.07, 6.45) is 5.00. The fourth-order valence-electron chi connectivity index (χ4n) is 2.95. The number of aromatic nitrogens is 2. The van der Waals surface area contributed by atoms with Crippen molar-refractivity contribution in [1.82, 2.24) is 9.78 Å². The first-order chi connectivity index (χ1) is 15.2. The molecule has 156 valence electrons. The van der Waals surface area contributed by atoms with Crippen LogP contribution in [-0.2, 0) is 11.3 Å². The molecule has 8 heteroatoms. The molecule has 2 N–H and O–H groups in total. The second kappa shape index (κ2) is 9.45.